The Labute approximate surface area is 148 Å². The second kappa shape index (κ2) is 7.11. The molecule has 2 aromatic carbocycles. The van der Waals surface area contributed by atoms with Gasteiger partial charge in [0.1, 0.15) is 18.0 Å². The number of halogens is 1. The Morgan fingerprint density at radius 1 is 0.958 bits per heavy atom. The Hall–Kier alpha value is -2.91. The molecule has 3 aromatic rings. The van der Waals surface area contributed by atoms with Crippen LogP contribution in [0.5, 0.6) is 0 Å². The van der Waals surface area contributed by atoms with Crippen LogP contribution in [0.3, 0.4) is 0 Å². The lowest BCUT2D eigenvalue weighted by molar-refractivity contribution is 1.17. The summed E-state index contributed by atoms with van der Waals surface area (Å²) >= 11 is 3.54. The van der Waals surface area contributed by atoms with Gasteiger partial charge in [0, 0.05) is 16.2 Å². The zero-order chi connectivity index (χ0) is 16.9. The monoisotopic (exact) mass is 379 g/mol. The molecule has 0 spiro atoms. The molecule has 0 fully saturated rings. The molecule has 0 aliphatic heterocycles. The number of hydrogen-bond donors (Lipinski definition) is 2. The molecule has 6 heteroatoms. The average molecular weight is 380 g/mol. The highest BCUT2D eigenvalue weighted by Crippen LogP contribution is 2.27. The SMILES string of the molecule is Cc1ccc(Nc2cc(Nc3ccc(C#N)cc3)ncn2)c(Br)c1. The molecule has 24 heavy (non-hydrogen) atoms. The maximum absolute atomic E-state index is 8.83. The number of benzene rings is 2. The van der Waals surface area contributed by atoms with Gasteiger partial charge < -0.3 is 10.6 Å². The van der Waals surface area contributed by atoms with E-state index in [-0.39, 0.29) is 0 Å². The Morgan fingerprint density at radius 3 is 2.33 bits per heavy atom. The van der Waals surface area contributed by atoms with Crippen molar-refractivity contribution in [2.75, 3.05) is 10.6 Å². The van der Waals surface area contributed by atoms with Gasteiger partial charge in [0.2, 0.25) is 0 Å². The van der Waals surface area contributed by atoms with Crippen LogP contribution in [0.4, 0.5) is 23.0 Å². The minimum absolute atomic E-state index is 0.620. The fourth-order valence-corrected chi connectivity index (χ4v) is 2.72. The lowest BCUT2D eigenvalue weighted by Crippen LogP contribution is -1.99. The molecule has 0 saturated heterocycles. The molecule has 0 aliphatic carbocycles. The summed E-state index contributed by atoms with van der Waals surface area (Å²) in [5, 5.41) is 15.3. The van der Waals surface area contributed by atoms with Crippen LogP contribution >= 0.6 is 15.9 Å². The molecular weight excluding hydrogens is 366 g/mol. The molecule has 0 atom stereocenters. The number of anilines is 4. The lowest BCUT2D eigenvalue weighted by atomic mass is 10.2. The van der Waals surface area contributed by atoms with Crippen LogP contribution in [0, 0.1) is 18.3 Å². The van der Waals surface area contributed by atoms with Gasteiger partial charge in [-0.05, 0) is 64.8 Å². The van der Waals surface area contributed by atoms with E-state index in [0.717, 1.165) is 15.8 Å². The number of aryl methyl sites for hydroxylation is 1. The van der Waals surface area contributed by atoms with Crippen molar-refractivity contribution in [3.8, 4) is 6.07 Å². The first-order chi connectivity index (χ1) is 11.6. The van der Waals surface area contributed by atoms with E-state index in [1.54, 1.807) is 12.1 Å². The van der Waals surface area contributed by atoms with Crippen LogP contribution in [0.25, 0.3) is 0 Å². The van der Waals surface area contributed by atoms with Crippen molar-refractivity contribution in [2.45, 2.75) is 6.92 Å². The highest BCUT2D eigenvalue weighted by Gasteiger charge is 2.04. The van der Waals surface area contributed by atoms with E-state index in [0.29, 0.717) is 17.2 Å². The normalized spacial score (nSPS) is 10.0. The summed E-state index contributed by atoms with van der Waals surface area (Å²) in [4.78, 5) is 8.46. The molecular formula is C18H14BrN5. The minimum atomic E-state index is 0.620. The highest BCUT2D eigenvalue weighted by molar-refractivity contribution is 9.10. The van der Waals surface area contributed by atoms with Gasteiger partial charge >= 0.3 is 0 Å². The zero-order valence-electron chi connectivity index (χ0n) is 12.9. The molecule has 118 valence electrons. The number of hydrogen-bond acceptors (Lipinski definition) is 5. The fourth-order valence-electron chi connectivity index (χ4n) is 2.13. The predicted octanol–water partition coefficient (Wildman–Crippen LogP) is 4.91. The first-order valence-corrected chi connectivity index (χ1v) is 8.06. The van der Waals surface area contributed by atoms with E-state index in [4.69, 9.17) is 5.26 Å². The third kappa shape index (κ3) is 3.89. The summed E-state index contributed by atoms with van der Waals surface area (Å²) in [7, 11) is 0. The van der Waals surface area contributed by atoms with Crippen LogP contribution in [0.2, 0.25) is 0 Å². The largest absolute Gasteiger partial charge is 0.340 e. The van der Waals surface area contributed by atoms with Gasteiger partial charge in [-0.1, -0.05) is 6.07 Å². The molecule has 0 saturated carbocycles. The number of nitrogens with zero attached hydrogens (tertiary/aromatic N) is 3. The third-order valence-corrected chi connectivity index (χ3v) is 4.00. The second-order valence-corrected chi connectivity index (χ2v) is 6.07. The number of aromatic nitrogens is 2. The van der Waals surface area contributed by atoms with Gasteiger partial charge in [-0.3, -0.25) is 0 Å². The van der Waals surface area contributed by atoms with Crippen molar-refractivity contribution >= 4 is 38.9 Å². The quantitative estimate of drug-likeness (QED) is 0.673. The van der Waals surface area contributed by atoms with Crippen molar-refractivity contribution in [3.05, 3.63) is 70.5 Å². The van der Waals surface area contributed by atoms with Crippen LogP contribution < -0.4 is 10.6 Å². The zero-order valence-corrected chi connectivity index (χ0v) is 14.5. The van der Waals surface area contributed by atoms with Crippen LogP contribution in [0.1, 0.15) is 11.1 Å². The Bertz CT molecular complexity index is 900. The van der Waals surface area contributed by atoms with Crippen molar-refractivity contribution in [1.29, 1.82) is 5.26 Å². The molecule has 1 aromatic heterocycles. The molecule has 1 heterocycles. The van der Waals surface area contributed by atoms with E-state index in [9.17, 15) is 0 Å². The van der Waals surface area contributed by atoms with E-state index in [1.807, 2.05) is 43.3 Å². The number of rotatable bonds is 4. The van der Waals surface area contributed by atoms with Crippen molar-refractivity contribution in [3.63, 3.8) is 0 Å². The maximum atomic E-state index is 8.83. The third-order valence-electron chi connectivity index (χ3n) is 3.34. The van der Waals surface area contributed by atoms with Crippen LogP contribution in [-0.2, 0) is 0 Å². The summed E-state index contributed by atoms with van der Waals surface area (Å²) in [6.45, 7) is 2.04. The van der Waals surface area contributed by atoms with Gasteiger partial charge in [-0.15, -0.1) is 0 Å². The topological polar surface area (TPSA) is 73.6 Å². The molecule has 2 N–H and O–H groups in total. The van der Waals surface area contributed by atoms with Gasteiger partial charge in [-0.25, -0.2) is 9.97 Å². The Morgan fingerprint density at radius 2 is 1.67 bits per heavy atom. The van der Waals surface area contributed by atoms with Gasteiger partial charge in [-0.2, -0.15) is 5.26 Å². The lowest BCUT2D eigenvalue weighted by Gasteiger charge is -2.10. The average Bonchev–Trinajstić information content (AvgIpc) is 2.58. The standard InChI is InChI=1S/C18H14BrN5/c1-12-2-7-16(15(19)8-12)24-18-9-17(21-11-22-18)23-14-5-3-13(10-20)4-6-14/h2-9,11H,1H3,(H2,21,22,23,24). The van der Waals surface area contributed by atoms with Gasteiger partial charge in [0.25, 0.3) is 0 Å². The summed E-state index contributed by atoms with van der Waals surface area (Å²) in [5.41, 5.74) is 3.59. The van der Waals surface area contributed by atoms with Gasteiger partial charge in [0.05, 0.1) is 17.3 Å². The summed E-state index contributed by atoms with van der Waals surface area (Å²) in [5.74, 6) is 1.35. The minimum Gasteiger partial charge on any atom is -0.340 e. The highest BCUT2D eigenvalue weighted by atomic mass is 79.9. The predicted molar refractivity (Wildman–Crippen MR) is 98.6 cm³/mol. The van der Waals surface area contributed by atoms with Crippen LogP contribution in [0.15, 0.2) is 59.3 Å². The van der Waals surface area contributed by atoms with E-state index in [1.165, 1.54) is 11.9 Å². The van der Waals surface area contributed by atoms with E-state index >= 15 is 0 Å². The second-order valence-electron chi connectivity index (χ2n) is 5.21. The van der Waals surface area contributed by atoms with Crippen molar-refractivity contribution in [1.82, 2.24) is 9.97 Å². The van der Waals surface area contributed by atoms with Crippen molar-refractivity contribution in [2.24, 2.45) is 0 Å². The molecule has 3 rings (SSSR count). The van der Waals surface area contributed by atoms with Crippen LogP contribution in [-0.4, -0.2) is 9.97 Å². The Kier molecular flexibility index (Phi) is 4.73. The first kappa shape index (κ1) is 16.0. The maximum Gasteiger partial charge on any atom is 0.135 e. The summed E-state index contributed by atoms with van der Waals surface area (Å²) in [6.07, 6.45) is 1.50. The summed E-state index contributed by atoms with van der Waals surface area (Å²) in [6, 6.07) is 17.2. The molecule has 0 aliphatic rings. The number of nitriles is 1. The first-order valence-electron chi connectivity index (χ1n) is 7.26. The fraction of sp³-hybridized carbons (Fsp3) is 0.0556. The van der Waals surface area contributed by atoms with E-state index < -0.39 is 0 Å². The van der Waals surface area contributed by atoms with E-state index in [2.05, 4.69) is 42.6 Å². The van der Waals surface area contributed by atoms with Gasteiger partial charge in [0.15, 0.2) is 0 Å². The smallest absolute Gasteiger partial charge is 0.135 e. The molecule has 0 radical (unpaired) electrons. The van der Waals surface area contributed by atoms with Crippen molar-refractivity contribution < 1.29 is 0 Å². The summed E-state index contributed by atoms with van der Waals surface area (Å²) < 4.78 is 0.975. The Balaban J connectivity index is 1.77. The molecule has 0 bridgehead atoms. The molecule has 0 amide bonds. The molecule has 0 unspecified atom stereocenters. The molecule has 5 nitrogen and oxygen atoms in total. The number of nitrogens with one attached hydrogen (secondary N) is 2.